The molecule has 4 N–H and O–H groups in total. The molecule has 2 atom stereocenters. The van der Waals surface area contributed by atoms with Crippen molar-refractivity contribution in [2.45, 2.75) is 37.1 Å². The lowest BCUT2D eigenvalue weighted by Gasteiger charge is -2.31. The molecule has 46 heavy (non-hydrogen) atoms. The first-order valence-electron chi connectivity index (χ1n) is 14.4. The number of aliphatic hydroxyl groups excluding tert-OH is 2. The number of nitriles is 1. The minimum Gasteiger partial charge on any atom is -0.461 e. The van der Waals surface area contributed by atoms with Crippen LogP contribution in [0.4, 0.5) is 37.2 Å². The molecule has 4 heterocycles. The fraction of sp³-hybridized carbons (Fsp3) is 0.433. The summed E-state index contributed by atoms with van der Waals surface area (Å²) >= 11 is 0.653. The lowest BCUT2D eigenvalue weighted by molar-refractivity contribution is -0.137. The molecule has 2 aromatic heterocycles. The highest BCUT2D eigenvalue weighted by atomic mass is 32.1. The van der Waals surface area contributed by atoms with Gasteiger partial charge in [0.1, 0.15) is 41.0 Å². The number of nitrogens with two attached hydrogens (primary N) is 1. The summed E-state index contributed by atoms with van der Waals surface area (Å²) in [5.74, 6) is -2.53. The van der Waals surface area contributed by atoms with E-state index >= 15 is 4.39 Å². The summed E-state index contributed by atoms with van der Waals surface area (Å²) in [6.07, 6.45) is -4.58. The van der Waals surface area contributed by atoms with Crippen molar-refractivity contribution >= 4 is 43.1 Å². The number of aromatic nitrogens is 2. The minimum atomic E-state index is -5.15. The lowest BCUT2D eigenvalue weighted by atomic mass is 9.92. The van der Waals surface area contributed by atoms with Gasteiger partial charge in [0.05, 0.1) is 34.6 Å². The molecule has 0 aliphatic carbocycles. The van der Waals surface area contributed by atoms with Gasteiger partial charge >= 0.3 is 12.2 Å². The Bertz CT molecular complexity index is 1860. The third-order valence-corrected chi connectivity index (χ3v) is 9.69. The monoisotopic (exact) mass is 666 g/mol. The van der Waals surface area contributed by atoms with E-state index < -0.39 is 76.3 Å². The predicted octanol–water partition coefficient (Wildman–Crippen LogP) is 5.01. The van der Waals surface area contributed by atoms with Crippen LogP contribution in [0.3, 0.4) is 0 Å². The molecule has 2 fully saturated rings. The summed E-state index contributed by atoms with van der Waals surface area (Å²) in [4.78, 5) is 11.7. The molecular weight excluding hydrogens is 638 g/mol. The van der Waals surface area contributed by atoms with E-state index in [4.69, 9.17) is 10.5 Å². The number of nitrogens with zero attached hydrogens (tertiary/aromatic N) is 5. The first-order valence-corrected chi connectivity index (χ1v) is 15.2. The molecule has 0 bridgehead atoms. The quantitative estimate of drug-likeness (QED) is 0.211. The van der Waals surface area contributed by atoms with Gasteiger partial charge < -0.3 is 25.6 Å². The van der Waals surface area contributed by atoms with Crippen LogP contribution < -0.4 is 15.4 Å². The molecule has 0 radical (unpaired) electrons. The van der Waals surface area contributed by atoms with Crippen LogP contribution in [0.5, 0.6) is 6.01 Å². The molecule has 2 saturated heterocycles. The Morgan fingerprint density at radius 1 is 1.20 bits per heavy atom. The summed E-state index contributed by atoms with van der Waals surface area (Å²) in [6, 6.07) is 3.85. The van der Waals surface area contributed by atoms with Gasteiger partial charge in [0.15, 0.2) is 5.82 Å². The van der Waals surface area contributed by atoms with Crippen LogP contribution in [0.25, 0.3) is 32.1 Å². The van der Waals surface area contributed by atoms with Crippen molar-refractivity contribution in [2.75, 3.05) is 56.6 Å². The van der Waals surface area contributed by atoms with E-state index in [1.54, 1.807) is 6.07 Å². The van der Waals surface area contributed by atoms with Crippen molar-refractivity contribution < 1.29 is 41.3 Å². The van der Waals surface area contributed by atoms with Crippen LogP contribution in [-0.4, -0.2) is 82.8 Å². The van der Waals surface area contributed by atoms with Gasteiger partial charge in [-0.05, 0) is 37.1 Å². The summed E-state index contributed by atoms with van der Waals surface area (Å²) in [7, 11) is 0. The maximum absolute atomic E-state index is 16.8. The Morgan fingerprint density at radius 2 is 1.93 bits per heavy atom. The molecule has 4 aromatic rings. The predicted molar refractivity (Wildman–Crippen MR) is 159 cm³/mol. The third-order valence-electron chi connectivity index (χ3n) is 8.67. The van der Waals surface area contributed by atoms with E-state index in [1.807, 2.05) is 4.90 Å². The van der Waals surface area contributed by atoms with Crippen LogP contribution >= 0.6 is 11.3 Å². The number of rotatable bonds is 9. The molecular formula is C30H28F6N6O3S. The van der Waals surface area contributed by atoms with Crippen molar-refractivity contribution in [1.82, 2.24) is 14.9 Å². The number of hydrogen-bond donors (Lipinski definition) is 3. The smallest absolute Gasteiger partial charge is 0.417 e. The summed E-state index contributed by atoms with van der Waals surface area (Å²) in [5.41, 5.74) is 1.51. The number of thiophene rings is 1. The number of fused-ring (bicyclic) bond motifs is 3. The summed E-state index contributed by atoms with van der Waals surface area (Å²) in [6.45, 7) is -0.492. The number of nitrogen functional groups attached to an aromatic ring is 1. The highest BCUT2D eigenvalue weighted by Gasteiger charge is 2.49. The summed E-state index contributed by atoms with van der Waals surface area (Å²) < 4.78 is 95.9. The molecule has 0 spiro atoms. The van der Waals surface area contributed by atoms with Crippen molar-refractivity contribution in [1.29, 1.82) is 5.26 Å². The molecule has 244 valence electrons. The van der Waals surface area contributed by atoms with Crippen LogP contribution in [0.1, 0.15) is 30.4 Å². The molecule has 16 heteroatoms. The van der Waals surface area contributed by atoms with E-state index in [2.05, 4.69) is 9.97 Å². The van der Waals surface area contributed by atoms with Crippen LogP contribution in [0, 0.1) is 23.0 Å². The maximum atomic E-state index is 16.8. The number of aliphatic hydroxyl groups is 2. The third kappa shape index (κ3) is 5.34. The summed E-state index contributed by atoms with van der Waals surface area (Å²) in [5, 5.41) is 28.3. The van der Waals surface area contributed by atoms with Crippen LogP contribution in [0.15, 0.2) is 18.2 Å². The SMILES string of the molecule is N#Cc1c(N)sc2c(F)ccc(-c3c(C(F)(F)F)cc4c(N(CCO)CCO)nc(OC[C@@]56CCCN5C[C@H](F)C6)nc4c3F)c12. The number of halogens is 6. The Morgan fingerprint density at radius 3 is 2.61 bits per heavy atom. The molecule has 0 amide bonds. The van der Waals surface area contributed by atoms with Crippen molar-refractivity contribution in [2.24, 2.45) is 0 Å². The van der Waals surface area contributed by atoms with Crippen LogP contribution in [0.2, 0.25) is 0 Å². The Hall–Kier alpha value is -3.91. The second-order valence-electron chi connectivity index (χ2n) is 11.4. The normalized spacial score (nSPS) is 20.0. The van der Waals surface area contributed by atoms with E-state index in [0.29, 0.717) is 30.4 Å². The number of ether oxygens (including phenoxy) is 1. The average Bonchev–Trinajstić information content (AvgIpc) is 3.65. The second-order valence-corrected chi connectivity index (χ2v) is 12.4. The van der Waals surface area contributed by atoms with Crippen molar-refractivity contribution in [3.05, 3.63) is 41.0 Å². The van der Waals surface area contributed by atoms with Crippen LogP contribution in [-0.2, 0) is 6.18 Å². The van der Waals surface area contributed by atoms with Gasteiger partial charge in [-0.1, -0.05) is 6.07 Å². The van der Waals surface area contributed by atoms with Gasteiger partial charge in [-0.15, -0.1) is 11.3 Å². The van der Waals surface area contributed by atoms with Crippen molar-refractivity contribution in [3.63, 3.8) is 0 Å². The van der Waals surface area contributed by atoms with Gasteiger partial charge in [-0.2, -0.15) is 28.4 Å². The molecule has 6 rings (SSSR count). The van der Waals surface area contributed by atoms with Crippen molar-refractivity contribution in [3.8, 4) is 23.2 Å². The number of hydrogen-bond acceptors (Lipinski definition) is 10. The number of alkyl halides is 4. The van der Waals surface area contributed by atoms with Gasteiger partial charge in [-0.3, -0.25) is 4.90 Å². The molecule has 2 aliphatic heterocycles. The van der Waals surface area contributed by atoms with Gasteiger partial charge in [0.25, 0.3) is 0 Å². The van der Waals surface area contributed by atoms with E-state index in [9.17, 15) is 37.4 Å². The fourth-order valence-corrected chi connectivity index (χ4v) is 7.65. The highest BCUT2D eigenvalue weighted by molar-refractivity contribution is 7.23. The molecule has 0 unspecified atom stereocenters. The first kappa shape index (κ1) is 32.0. The topological polar surface area (TPSA) is 132 Å². The number of anilines is 2. The zero-order valence-corrected chi connectivity index (χ0v) is 25.0. The fourth-order valence-electron chi connectivity index (χ4n) is 6.70. The molecule has 2 aliphatic rings. The average molecular weight is 667 g/mol. The maximum Gasteiger partial charge on any atom is 0.417 e. The minimum absolute atomic E-state index is 0.0637. The second kappa shape index (κ2) is 12.0. The van der Waals surface area contributed by atoms with E-state index in [1.165, 1.54) is 4.90 Å². The largest absolute Gasteiger partial charge is 0.461 e. The van der Waals surface area contributed by atoms with E-state index in [-0.39, 0.29) is 59.1 Å². The Labute approximate surface area is 262 Å². The van der Waals surface area contributed by atoms with Gasteiger partial charge in [0, 0.05) is 42.4 Å². The molecule has 9 nitrogen and oxygen atoms in total. The lowest BCUT2D eigenvalue weighted by Crippen LogP contribution is -2.43. The zero-order valence-electron chi connectivity index (χ0n) is 24.2. The van der Waals surface area contributed by atoms with Gasteiger partial charge in [0.2, 0.25) is 0 Å². The molecule has 2 aromatic carbocycles. The zero-order chi connectivity index (χ0) is 33.0. The van der Waals surface area contributed by atoms with E-state index in [0.717, 1.165) is 18.6 Å². The molecule has 0 saturated carbocycles. The Kier molecular flexibility index (Phi) is 8.38. The standard InChI is InChI=1S/C30H28F6N6O3S/c31-15-11-29(4-1-5-42(29)13-15)14-45-28-39-24-17(27(40-28)41(6-8-43)7-9-44)10-19(30(34,35)36)22(23(24)33)16-2-3-20(32)25-21(16)18(12-37)26(38)46-25/h2-3,10,15,43-44H,1,4-9,11,13-14,38H2/t15-,29+/m1/s1. The number of benzene rings is 2. The Balaban J connectivity index is 1.61. The first-order chi connectivity index (χ1) is 21.9. The van der Waals surface area contributed by atoms with Gasteiger partial charge in [-0.25, -0.2) is 13.2 Å². The highest BCUT2D eigenvalue weighted by Crippen LogP contribution is 2.48.